The molecule has 0 saturated heterocycles. The molecule has 1 N–H and O–H groups in total. The van der Waals surface area contributed by atoms with Crippen LogP contribution in [-0.4, -0.2) is 30.6 Å². The van der Waals surface area contributed by atoms with Gasteiger partial charge in [0.05, 0.1) is 6.10 Å². The van der Waals surface area contributed by atoms with Crippen LogP contribution >= 0.6 is 0 Å². The molecule has 0 saturated carbocycles. The summed E-state index contributed by atoms with van der Waals surface area (Å²) in [6, 6.07) is 18.9. The third-order valence-corrected chi connectivity index (χ3v) is 3.69. The summed E-state index contributed by atoms with van der Waals surface area (Å²) in [7, 11) is 3.94. The van der Waals surface area contributed by atoms with Crippen molar-refractivity contribution < 1.29 is 5.11 Å². The van der Waals surface area contributed by atoms with Crippen LogP contribution in [0.15, 0.2) is 54.6 Å². The molecule has 1 unspecified atom stereocenters. The first-order valence-corrected chi connectivity index (χ1v) is 6.89. The Morgan fingerprint density at radius 1 is 0.900 bits per heavy atom. The Bertz CT molecular complexity index is 749. The largest absolute Gasteiger partial charge is 0.387 e. The Labute approximate surface area is 119 Å². The van der Waals surface area contributed by atoms with Crippen LogP contribution < -0.4 is 0 Å². The van der Waals surface area contributed by atoms with Crippen molar-refractivity contribution in [2.24, 2.45) is 0 Å². The van der Waals surface area contributed by atoms with E-state index >= 15 is 0 Å². The minimum Gasteiger partial charge on any atom is -0.387 e. The zero-order chi connectivity index (χ0) is 14.1. The van der Waals surface area contributed by atoms with Crippen LogP contribution in [0.2, 0.25) is 0 Å². The van der Waals surface area contributed by atoms with Crippen molar-refractivity contribution in [2.75, 3.05) is 20.6 Å². The molecule has 20 heavy (non-hydrogen) atoms. The third kappa shape index (κ3) is 2.40. The van der Waals surface area contributed by atoms with Gasteiger partial charge in [0, 0.05) is 6.54 Å². The van der Waals surface area contributed by atoms with E-state index in [9.17, 15) is 5.11 Å². The van der Waals surface area contributed by atoms with Gasteiger partial charge >= 0.3 is 0 Å². The first-order valence-electron chi connectivity index (χ1n) is 6.89. The lowest BCUT2D eigenvalue weighted by Crippen LogP contribution is -2.19. The molecular weight excluding hydrogens is 246 g/mol. The van der Waals surface area contributed by atoms with E-state index in [1.54, 1.807) is 0 Å². The lowest BCUT2D eigenvalue weighted by atomic mass is 9.98. The van der Waals surface area contributed by atoms with Gasteiger partial charge in [0.15, 0.2) is 0 Å². The van der Waals surface area contributed by atoms with Crippen LogP contribution in [0, 0.1) is 0 Å². The summed E-state index contributed by atoms with van der Waals surface area (Å²) in [5, 5.41) is 15.2. The minimum atomic E-state index is -0.451. The molecule has 0 aliphatic heterocycles. The summed E-state index contributed by atoms with van der Waals surface area (Å²) in [6.45, 7) is 0.635. The van der Waals surface area contributed by atoms with Crippen molar-refractivity contribution in [3.63, 3.8) is 0 Å². The fourth-order valence-electron chi connectivity index (χ4n) is 2.68. The van der Waals surface area contributed by atoms with E-state index in [0.29, 0.717) is 6.54 Å². The summed E-state index contributed by atoms with van der Waals surface area (Å²) >= 11 is 0. The lowest BCUT2D eigenvalue weighted by Gasteiger charge is -2.17. The second kappa shape index (κ2) is 5.23. The average molecular weight is 265 g/mol. The molecule has 0 fully saturated rings. The van der Waals surface area contributed by atoms with E-state index in [0.717, 1.165) is 5.56 Å². The molecule has 102 valence electrons. The number of fused-ring (bicyclic) bond motifs is 3. The molecular formula is C18H19NO. The first kappa shape index (κ1) is 13.1. The van der Waals surface area contributed by atoms with Gasteiger partial charge in [0.2, 0.25) is 0 Å². The number of hydrogen-bond donors (Lipinski definition) is 1. The Morgan fingerprint density at radius 2 is 1.55 bits per heavy atom. The van der Waals surface area contributed by atoms with E-state index in [4.69, 9.17) is 0 Å². The van der Waals surface area contributed by atoms with Crippen LogP contribution in [0.5, 0.6) is 0 Å². The Hall–Kier alpha value is -1.90. The average Bonchev–Trinajstić information content (AvgIpc) is 2.46. The van der Waals surface area contributed by atoms with Gasteiger partial charge in [-0.15, -0.1) is 0 Å². The lowest BCUT2D eigenvalue weighted by molar-refractivity contribution is 0.138. The molecule has 3 aromatic carbocycles. The summed E-state index contributed by atoms with van der Waals surface area (Å²) in [4.78, 5) is 2.00. The van der Waals surface area contributed by atoms with E-state index in [1.165, 1.54) is 21.5 Å². The number of aliphatic hydroxyl groups excluding tert-OH is 1. The fourth-order valence-corrected chi connectivity index (χ4v) is 2.68. The highest BCUT2D eigenvalue weighted by molar-refractivity contribution is 6.07. The maximum atomic E-state index is 10.3. The van der Waals surface area contributed by atoms with E-state index in [-0.39, 0.29) is 0 Å². The Morgan fingerprint density at radius 3 is 2.30 bits per heavy atom. The van der Waals surface area contributed by atoms with Gasteiger partial charge in [0.1, 0.15) is 0 Å². The first-order chi connectivity index (χ1) is 9.65. The van der Waals surface area contributed by atoms with Gasteiger partial charge in [-0.3, -0.25) is 0 Å². The fraction of sp³-hybridized carbons (Fsp3) is 0.222. The molecule has 2 nitrogen and oxygen atoms in total. The van der Waals surface area contributed by atoms with Crippen LogP contribution in [-0.2, 0) is 0 Å². The molecule has 3 aromatic rings. The van der Waals surface area contributed by atoms with Gasteiger partial charge < -0.3 is 10.0 Å². The predicted molar refractivity (Wildman–Crippen MR) is 85.0 cm³/mol. The second-order valence-corrected chi connectivity index (χ2v) is 5.55. The summed E-state index contributed by atoms with van der Waals surface area (Å²) in [5.41, 5.74) is 0.975. The van der Waals surface area contributed by atoms with Gasteiger partial charge in [-0.1, -0.05) is 48.5 Å². The smallest absolute Gasteiger partial charge is 0.0916 e. The molecule has 3 rings (SSSR count). The molecule has 1 atom stereocenters. The predicted octanol–water partition coefficient (Wildman–Crippen LogP) is 3.59. The highest BCUT2D eigenvalue weighted by atomic mass is 16.3. The van der Waals surface area contributed by atoms with E-state index in [1.807, 2.05) is 25.1 Å². The third-order valence-electron chi connectivity index (χ3n) is 3.69. The maximum Gasteiger partial charge on any atom is 0.0916 e. The van der Waals surface area contributed by atoms with Crippen molar-refractivity contribution in [2.45, 2.75) is 6.10 Å². The van der Waals surface area contributed by atoms with Crippen molar-refractivity contribution in [1.29, 1.82) is 0 Å². The SMILES string of the molecule is CN(C)CC(O)c1ccc2ccc3ccccc3c2c1. The molecule has 0 aliphatic carbocycles. The van der Waals surface area contributed by atoms with E-state index in [2.05, 4.69) is 48.5 Å². The monoisotopic (exact) mass is 265 g/mol. The molecule has 0 heterocycles. The maximum absolute atomic E-state index is 10.3. The molecule has 0 amide bonds. The summed E-state index contributed by atoms with van der Waals surface area (Å²) < 4.78 is 0. The zero-order valence-corrected chi connectivity index (χ0v) is 11.9. The molecule has 0 aromatic heterocycles. The Kier molecular flexibility index (Phi) is 3.43. The number of likely N-dealkylation sites (N-methyl/N-ethyl adjacent to an activating group) is 1. The molecule has 0 aliphatic rings. The molecule has 2 heteroatoms. The number of hydrogen-bond acceptors (Lipinski definition) is 2. The Balaban J connectivity index is 2.16. The number of rotatable bonds is 3. The number of benzene rings is 3. The van der Waals surface area contributed by atoms with Crippen LogP contribution in [0.25, 0.3) is 21.5 Å². The van der Waals surface area contributed by atoms with Crippen LogP contribution in [0.3, 0.4) is 0 Å². The van der Waals surface area contributed by atoms with Crippen LogP contribution in [0.4, 0.5) is 0 Å². The van der Waals surface area contributed by atoms with Crippen molar-refractivity contribution in [3.8, 4) is 0 Å². The topological polar surface area (TPSA) is 23.5 Å². The number of nitrogens with zero attached hydrogens (tertiary/aromatic N) is 1. The van der Waals surface area contributed by atoms with Crippen molar-refractivity contribution in [1.82, 2.24) is 4.90 Å². The van der Waals surface area contributed by atoms with E-state index < -0.39 is 6.10 Å². The van der Waals surface area contributed by atoms with Gasteiger partial charge in [-0.25, -0.2) is 0 Å². The normalized spacial score (nSPS) is 13.2. The highest BCUT2D eigenvalue weighted by Crippen LogP contribution is 2.28. The van der Waals surface area contributed by atoms with Gasteiger partial charge in [0.25, 0.3) is 0 Å². The zero-order valence-electron chi connectivity index (χ0n) is 11.9. The summed E-state index contributed by atoms with van der Waals surface area (Å²) in [6.07, 6.45) is -0.451. The molecule has 0 bridgehead atoms. The second-order valence-electron chi connectivity index (χ2n) is 5.55. The highest BCUT2D eigenvalue weighted by Gasteiger charge is 2.10. The quantitative estimate of drug-likeness (QED) is 0.732. The van der Waals surface area contributed by atoms with Gasteiger partial charge in [-0.2, -0.15) is 0 Å². The summed E-state index contributed by atoms with van der Waals surface area (Å²) in [5.74, 6) is 0. The molecule has 0 spiro atoms. The minimum absolute atomic E-state index is 0.451. The van der Waals surface area contributed by atoms with Crippen molar-refractivity contribution >= 4 is 21.5 Å². The van der Waals surface area contributed by atoms with Crippen LogP contribution in [0.1, 0.15) is 11.7 Å². The molecule has 0 radical (unpaired) electrons. The standard InChI is InChI=1S/C18H19NO/c1-19(2)12-18(20)15-10-9-14-8-7-13-5-3-4-6-16(13)17(14)11-15/h3-11,18,20H,12H2,1-2H3. The van der Waals surface area contributed by atoms with Crippen molar-refractivity contribution in [3.05, 3.63) is 60.2 Å². The van der Waals surface area contributed by atoms with Gasteiger partial charge in [-0.05, 0) is 47.3 Å². The number of aliphatic hydroxyl groups is 1.